The van der Waals surface area contributed by atoms with Crippen molar-refractivity contribution in [3.05, 3.63) is 35.6 Å². The van der Waals surface area contributed by atoms with Crippen LogP contribution in [-0.4, -0.2) is 42.4 Å². The van der Waals surface area contributed by atoms with Crippen LogP contribution in [0.3, 0.4) is 0 Å². The first-order valence-corrected chi connectivity index (χ1v) is 8.31. The van der Waals surface area contributed by atoms with E-state index < -0.39 is 17.8 Å². The van der Waals surface area contributed by atoms with Gasteiger partial charge in [-0.1, -0.05) is 32.9 Å². The number of amides is 2. The van der Waals surface area contributed by atoms with E-state index in [-0.39, 0.29) is 22.8 Å². The van der Waals surface area contributed by atoms with Gasteiger partial charge in [0.15, 0.2) is 0 Å². The lowest BCUT2D eigenvalue weighted by Gasteiger charge is -2.28. The smallest absolute Gasteiger partial charge is 0.254 e. The summed E-state index contributed by atoms with van der Waals surface area (Å²) < 4.78 is 13.8. The summed E-state index contributed by atoms with van der Waals surface area (Å²) in [5.74, 6) is -1.40. The van der Waals surface area contributed by atoms with Gasteiger partial charge < -0.3 is 16.0 Å². The average molecular weight is 335 g/mol. The Kier molecular flexibility index (Phi) is 5.59. The van der Waals surface area contributed by atoms with Crippen LogP contribution < -0.4 is 11.1 Å². The highest BCUT2D eigenvalue weighted by Gasteiger charge is 2.38. The van der Waals surface area contributed by atoms with Crippen molar-refractivity contribution in [2.24, 2.45) is 17.1 Å². The topological polar surface area (TPSA) is 75.4 Å². The van der Waals surface area contributed by atoms with Gasteiger partial charge in [0.1, 0.15) is 11.9 Å². The number of rotatable bonds is 5. The molecule has 1 aromatic rings. The Bertz CT molecular complexity index is 620. The van der Waals surface area contributed by atoms with Gasteiger partial charge in [0.2, 0.25) is 5.91 Å². The molecule has 0 aromatic heterocycles. The lowest BCUT2D eigenvalue weighted by molar-refractivity contribution is -0.133. The minimum Gasteiger partial charge on any atom is -0.340 e. The summed E-state index contributed by atoms with van der Waals surface area (Å²) in [4.78, 5) is 26.9. The molecular formula is C18H26FN3O2. The first-order chi connectivity index (χ1) is 11.3. The van der Waals surface area contributed by atoms with E-state index in [1.807, 2.05) is 13.8 Å². The summed E-state index contributed by atoms with van der Waals surface area (Å²) in [6.07, 6.45) is 0.849. The fourth-order valence-corrected chi connectivity index (χ4v) is 2.95. The number of carbonyl (C=O) groups excluding carboxylic acids is 2. The second-order valence-electron chi connectivity index (χ2n) is 7.20. The third kappa shape index (κ3) is 3.93. The van der Waals surface area contributed by atoms with E-state index in [0.29, 0.717) is 19.6 Å². The molecule has 1 fully saturated rings. The first-order valence-electron chi connectivity index (χ1n) is 8.31. The zero-order valence-electron chi connectivity index (χ0n) is 14.5. The van der Waals surface area contributed by atoms with Crippen LogP contribution in [0.2, 0.25) is 0 Å². The van der Waals surface area contributed by atoms with E-state index >= 15 is 0 Å². The molecule has 5 nitrogen and oxygen atoms in total. The molecule has 1 aromatic carbocycles. The predicted octanol–water partition coefficient (Wildman–Crippen LogP) is 1.78. The van der Waals surface area contributed by atoms with Crippen molar-refractivity contribution >= 4 is 11.8 Å². The molecule has 3 N–H and O–H groups in total. The molecule has 0 aliphatic carbocycles. The van der Waals surface area contributed by atoms with Gasteiger partial charge >= 0.3 is 0 Å². The van der Waals surface area contributed by atoms with Crippen molar-refractivity contribution in [3.8, 4) is 0 Å². The lowest BCUT2D eigenvalue weighted by Crippen LogP contribution is -2.51. The number of nitrogens with one attached hydrogen (secondary N) is 1. The lowest BCUT2D eigenvalue weighted by atomic mass is 9.90. The number of nitrogens with two attached hydrogens (primary N) is 1. The molecule has 2 rings (SSSR count). The van der Waals surface area contributed by atoms with Gasteiger partial charge in [0.05, 0.1) is 5.56 Å². The Labute approximate surface area is 142 Å². The largest absolute Gasteiger partial charge is 0.340 e. The molecule has 6 heteroatoms. The molecule has 0 bridgehead atoms. The van der Waals surface area contributed by atoms with E-state index in [4.69, 9.17) is 5.73 Å². The highest BCUT2D eigenvalue weighted by Crippen LogP contribution is 2.29. The van der Waals surface area contributed by atoms with Crippen molar-refractivity contribution in [2.75, 3.05) is 19.6 Å². The molecule has 1 heterocycles. The molecule has 2 atom stereocenters. The summed E-state index contributed by atoms with van der Waals surface area (Å²) >= 11 is 0. The van der Waals surface area contributed by atoms with Gasteiger partial charge in [-0.2, -0.15) is 0 Å². The zero-order chi connectivity index (χ0) is 17.9. The van der Waals surface area contributed by atoms with Gasteiger partial charge in [0, 0.05) is 13.1 Å². The number of carbonyl (C=O) groups is 2. The fraction of sp³-hybridized carbons (Fsp3) is 0.556. The van der Waals surface area contributed by atoms with Crippen LogP contribution >= 0.6 is 0 Å². The van der Waals surface area contributed by atoms with Crippen molar-refractivity contribution in [1.29, 1.82) is 0 Å². The molecule has 1 aliphatic rings. The minimum atomic E-state index is -0.683. The molecule has 0 saturated carbocycles. The summed E-state index contributed by atoms with van der Waals surface area (Å²) in [5.41, 5.74) is 5.66. The van der Waals surface area contributed by atoms with E-state index in [9.17, 15) is 14.0 Å². The molecule has 1 aliphatic heterocycles. The second-order valence-corrected chi connectivity index (χ2v) is 7.20. The zero-order valence-corrected chi connectivity index (χ0v) is 14.5. The Hall–Kier alpha value is -1.95. The Morgan fingerprint density at radius 3 is 2.58 bits per heavy atom. The van der Waals surface area contributed by atoms with Crippen LogP contribution in [0.1, 0.15) is 37.6 Å². The second kappa shape index (κ2) is 7.30. The van der Waals surface area contributed by atoms with Crippen molar-refractivity contribution in [3.63, 3.8) is 0 Å². The van der Waals surface area contributed by atoms with Crippen molar-refractivity contribution < 1.29 is 14.0 Å². The number of nitrogens with zero attached hydrogens (tertiary/aromatic N) is 1. The van der Waals surface area contributed by atoms with Gasteiger partial charge in [0.25, 0.3) is 5.91 Å². The Morgan fingerprint density at radius 2 is 2.04 bits per heavy atom. The van der Waals surface area contributed by atoms with Gasteiger partial charge in [-0.25, -0.2) is 4.39 Å². The van der Waals surface area contributed by atoms with Gasteiger partial charge in [-0.3, -0.25) is 9.59 Å². The van der Waals surface area contributed by atoms with E-state index in [0.717, 1.165) is 6.42 Å². The number of hydrogen-bond donors (Lipinski definition) is 2. The minimum absolute atomic E-state index is 0.0517. The summed E-state index contributed by atoms with van der Waals surface area (Å²) in [6.45, 7) is 7.52. The maximum absolute atomic E-state index is 13.8. The normalized spacial score (nSPS) is 21.8. The maximum Gasteiger partial charge on any atom is 0.254 e. The van der Waals surface area contributed by atoms with Crippen molar-refractivity contribution in [2.45, 2.75) is 33.2 Å². The van der Waals surface area contributed by atoms with E-state index in [2.05, 4.69) is 12.2 Å². The summed E-state index contributed by atoms with van der Waals surface area (Å²) in [5, 5.41) is 2.69. The standard InChI is InChI=1S/C18H26FN3O2/c1-12(2)15(17(24)22-9-8-18(3,10-20)11-22)21-16(23)13-6-4-5-7-14(13)19/h4-7,12,15H,8-11,20H2,1-3H3,(H,21,23). The van der Waals surface area contributed by atoms with E-state index in [1.165, 1.54) is 18.2 Å². The van der Waals surface area contributed by atoms with Crippen LogP contribution in [0.15, 0.2) is 24.3 Å². The molecule has 2 unspecified atom stereocenters. The average Bonchev–Trinajstić information content (AvgIpc) is 2.95. The highest BCUT2D eigenvalue weighted by molar-refractivity contribution is 5.97. The Balaban J connectivity index is 2.11. The number of hydrogen-bond acceptors (Lipinski definition) is 3. The Morgan fingerprint density at radius 1 is 1.38 bits per heavy atom. The highest BCUT2D eigenvalue weighted by atomic mass is 19.1. The third-order valence-corrected chi connectivity index (χ3v) is 4.70. The molecule has 0 radical (unpaired) electrons. The maximum atomic E-state index is 13.8. The molecular weight excluding hydrogens is 309 g/mol. The number of likely N-dealkylation sites (tertiary alicyclic amines) is 1. The van der Waals surface area contributed by atoms with Crippen LogP contribution in [0, 0.1) is 17.2 Å². The molecule has 24 heavy (non-hydrogen) atoms. The summed E-state index contributed by atoms with van der Waals surface area (Å²) in [6, 6.07) is 5.08. The molecule has 132 valence electrons. The molecule has 2 amide bonds. The van der Waals surface area contributed by atoms with Crippen LogP contribution in [0.25, 0.3) is 0 Å². The van der Waals surface area contributed by atoms with Crippen molar-refractivity contribution in [1.82, 2.24) is 10.2 Å². The SMILES string of the molecule is CC(C)C(NC(=O)c1ccccc1F)C(=O)N1CCC(C)(CN)C1. The number of halogens is 1. The predicted molar refractivity (Wildman–Crippen MR) is 90.9 cm³/mol. The summed E-state index contributed by atoms with van der Waals surface area (Å²) in [7, 11) is 0. The van der Waals surface area contributed by atoms with Crippen LogP contribution in [-0.2, 0) is 4.79 Å². The van der Waals surface area contributed by atoms with Gasteiger partial charge in [-0.15, -0.1) is 0 Å². The number of benzene rings is 1. The van der Waals surface area contributed by atoms with Crippen LogP contribution in [0.5, 0.6) is 0 Å². The fourth-order valence-electron chi connectivity index (χ4n) is 2.95. The first kappa shape index (κ1) is 18.4. The third-order valence-electron chi connectivity index (χ3n) is 4.70. The molecule has 1 saturated heterocycles. The van der Waals surface area contributed by atoms with E-state index in [1.54, 1.807) is 11.0 Å². The van der Waals surface area contributed by atoms with Crippen LogP contribution in [0.4, 0.5) is 4.39 Å². The quantitative estimate of drug-likeness (QED) is 0.861. The monoisotopic (exact) mass is 335 g/mol. The molecule has 0 spiro atoms. The van der Waals surface area contributed by atoms with Gasteiger partial charge in [-0.05, 0) is 36.4 Å².